The molecule has 136 valence electrons. The molecule has 0 aromatic heterocycles. The lowest BCUT2D eigenvalue weighted by Crippen LogP contribution is -2.29. The molecule has 0 aliphatic heterocycles. The minimum atomic E-state index is 0.836. The molecule has 0 spiro atoms. The summed E-state index contributed by atoms with van der Waals surface area (Å²) in [5.74, 6) is 7.46. The molecule has 0 aromatic carbocycles. The Kier molecular flexibility index (Phi) is 5.70. The van der Waals surface area contributed by atoms with Crippen molar-refractivity contribution in [3.05, 3.63) is 12.7 Å². The van der Waals surface area contributed by atoms with E-state index >= 15 is 0 Å². The Morgan fingerprint density at radius 3 is 1.21 bits per heavy atom. The maximum absolute atomic E-state index is 4.01. The first-order valence-electron chi connectivity index (χ1n) is 11.4. The van der Waals surface area contributed by atoms with Gasteiger partial charge in [-0.15, -0.1) is 6.58 Å². The smallest absolute Gasteiger partial charge is 0.0236 e. The predicted molar refractivity (Wildman–Crippen MR) is 104 cm³/mol. The Morgan fingerprint density at radius 2 is 0.833 bits per heavy atom. The maximum atomic E-state index is 4.01. The van der Waals surface area contributed by atoms with E-state index < -0.39 is 0 Å². The number of hydrogen-bond acceptors (Lipinski definition) is 0. The van der Waals surface area contributed by atoms with Crippen molar-refractivity contribution in [2.75, 3.05) is 0 Å². The van der Waals surface area contributed by atoms with E-state index in [0.29, 0.717) is 0 Å². The highest BCUT2D eigenvalue weighted by atomic mass is 14.4. The topological polar surface area (TPSA) is 0 Å². The van der Waals surface area contributed by atoms with Gasteiger partial charge in [-0.05, 0) is 112 Å². The van der Waals surface area contributed by atoms with Gasteiger partial charge in [-0.25, -0.2) is 0 Å². The third-order valence-corrected chi connectivity index (χ3v) is 8.55. The molecule has 0 radical (unpaired) electrons. The molecule has 0 atom stereocenters. The highest BCUT2D eigenvalue weighted by molar-refractivity contribution is 4.89. The molecule has 4 fully saturated rings. The van der Waals surface area contributed by atoms with Crippen LogP contribution in [0.1, 0.15) is 96.3 Å². The summed E-state index contributed by atoms with van der Waals surface area (Å²) in [5, 5.41) is 0. The molecule has 0 saturated heterocycles. The van der Waals surface area contributed by atoms with Crippen molar-refractivity contribution in [1.82, 2.24) is 0 Å². The van der Waals surface area contributed by atoms with E-state index in [4.69, 9.17) is 0 Å². The van der Waals surface area contributed by atoms with E-state index in [1.807, 2.05) is 0 Å². The zero-order chi connectivity index (χ0) is 16.4. The average Bonchev–Trinajstić information content (AvgIpc) is 3.47. The van der Waals surface area contributed by atoms with Crippen LogP contribution in [-0.2, 0) is 0 Å². The van der Waals surface area contributed by atoms with Gasteiger partial charge in [0, 0.05) is 0 Å². The van der Waals surface area contributed by atoms with Crippen LogP contribution in [0.5, 0.6) is 0 Å². The van der Waals surface area contributed by atoms with Gasteiger partial charge in [0.25, 0.3) is 0 Å². The van der Waals surface area contributed by atoms with E-state index in [1.54, 1.807) is 70.6 Å². The molecular formula is C24H40. The minimum Gasteiger partial charge on any atom is -0.103 e. The van der Waals surface area contributed by atoms with E-state index in [1.165, 1.54) is 25.7 Å². The van der Waals surface area contributed by atoms with Gasteiger partial charge in [0.2, 0.25) is 0 Å². The lowest BCUT2D eigenvalue weighted by Gasteiger charge is -2.41. The van der Waals surface area contributed by atoms with Gasteiger partial charge in [0.05, 0.1) is 0 Å². The van der Waals surface area contributed by atoms with Crippen molar-refractivity contribution >= 4 is 0 Å². The Bertz CT molecular complexity index is 382. The lowest BCUT2D eigenvalue weighted by atomic mass is 9.65. The standard InChI is InChI=1S/C24H40/c1-2-18-5-9-21(10-6-18)23-13-15-24(16-14-23)22-11-7-20(8-12-22)17-19-3-4-19/h2,18-24H,1,3-17H2. The first kappa shape index (κ1) is 17.2. The fourth-order valence-electron chi connectivity index (χ4n) is 6.66. The molecule has 0 aromatic rings. The first-order valence-corrected chi connectivity index (χ1v) is 11.4. The second kappa shape index (κ2) is 7.96. The van der Waals surface area contributed by atoms with Crippen LogP contribution in [0.3, 0.4) is 0 Å². The summed E-state index contributed by atoms with van der Waals surface area (Å²) in [7, 11) is 0. The van der Waals surface area contributed by atoms with Gasteiger partial charge < -0.3 is 0 Å². The zero-order valence-electron chi connectivity index (χ0n) is 15.9. The van der Waals surface area contributed by atoms with Crippen molar-refractivity contribution < 1.29 is 0 Å². The predicted octanol–water partition coefficient (Wildman–Crippen LogP) is 7.39. The van der Waals surface area contributed by atoms with Gasteiger partial charge in [-0.3, -0.25) is 0 Å². The van der Waals surface area contributed by atoms with Gasteiger partial charge in [-0.2, -0.15) is 0 Å². The van der Waals surface area contributed by atoms with Crippen LogP contribution in [0.15, 0.2) is 12.7 Å². The highest BCUT2D eigenvalue weighted by Gasteiger charge is 2.35. The number of rotatable bonds is 5. The molecule has 4 rings (SSSR count). The molecule has 4 aliphatic carbocycles. The summed E-state index contributed by atoms with van der Waals surface area (Å²) < 4.78 is 0. The molecule has 4 aliphatic rings. The zero-order valence-corrected chi connectivity index (χ0v) is 15.9. The van der Waals surface area contributed by atoms with Crippen LogP contribution in [0, 0.1) is 41.4 Å². The van der Waals surface area contributed by atoms with Crippen molar-refractivity contribution in [3.63, 3.8) is 0 Å². The van der Waals surface area contributed by atoms with Crippen LogP contribution < -0.4 is 0 Å². The average molecular weight is 329 g/mol. The fraction of sp³-hybridized carbons (Fsp3) is 0.917. The molecule has 0 N–H and O–H groups in total. The van der Waals surface area contributed by atoms with E-state index in [-0.39, 0.29) is 0 Å². The van der Waals surface area contributed by atoms with Gasteiger partial charge in [-0.1, -0.05) is 31.8 Å². The van der Waals surface area contributed by atoms with E-state index in [0.717, 1.165) is 41.4 Å². The van der Waals surface area contributed by atoms with Crippen LogP contribution in [-0.4, -0.2) is 0 Å². The quantitative estimate of drug-likeness (QED) is 0.461. The fourth-order valence-corrected chi connectivity index (χ4v) is 6.66. The van der Waals surface area contributed by atoms with Crippen molar-refractivity contribution in [1.29, 1.82) is 0 Å². The van der Waals surface area contributed by atoms with Gasteiger partial charge in [0.15, 0.2) is 0 Å². The van der Waals surface area contributed by atoms with E-state index in [2.05, 4.69) is 12.7 Å². The normalized spacial score (nSPS) is 44.2. The van der Waals surface area contributed by atoms with Crippen LogP contribution in [0.2, 0.25) is 0 Å². The summed E-state index contributed by atoms with van der Waals surface area (Å²) in [6.45, 7) is 4.01. The number of hydrogen-bond donors (Lipinski definition) is 0. The monoisotopic (exact) mass is 328 g/mol. The Morgan fingerprint density at radius 1 is 0.500 bits per heavy atom. The van der Waals surface area contributed by atoms with Crippen LogP contribution in [0.4, 0.5) is 0 Å². The third-order valence-electron chi connectivity index (χ3n) is 8.55. The number of allylic oxidation sites excluding steroid dienone is 1. The maximum Gasteiger partial charge on any atom is -0.0236 e. The molecule has 0 amide bonds. The largest absolute Gasteiger partial charge is 0.103 e. The first-order chi connectivity index (χ1) is 11.8. The summed E-state index contributed by atoms with van der Waals surface area (Å²) >= 11 is 0. The van der Waals surface area contributed by atoms with Gasteiger partial charge in [0.1, 0.15) is 0 Å². The molecule has 0 unspecified atom stereocenters. The summed E-state index contributed by atoms with van der Waals surface area (Å²) in [6, 6.07) is 0. The van der Waals surface area contributed by atoms with Crippen molar-refractivity contribution in [3.8, 4) is 0 Å². The summed E-state index contributed by atoms with van der Waals surface area (Å²) in [6.07, 6.45) is 25.4. The molecule has 0 bridgehead atoms. The Balaban J connectivity index is 1.17. The second-order valence-electron chi connectivity index (χ2n) is 10.0. The second-order valence-corrected chi connectivity index (χ2v) is 10.0. The van der Waals surface area contributed by atoms with Crippen LogP contribution in [0.25, 0.3) is 0 Å². The van der Waals surface area contributed by atoms with Gasteiger partial charge >= 0.3 is 0 Å². The summed E-state index contributed by atoms with van der Waals surface area (Å²) in [5.41, 5.74) is 0. The minimum absolute atomic E-state index is 0.836. The Labute approximate surface area is 150 Å². The van der Waals surface area contributed by atoms with Crippen molar-refractivity contribution in [2.45, 2.75) is 96.3 Å². The molecule has 0 heterocycles. The highest BCUT2D eigenvalue weighted by Crippen LogP contribution is 2.47. The summed E-state index contributed by atoms with van der Waals surface area (Å²) in [4.78, 5) is 0. The van der Waals surface area contributed by atoms with Crippen LogP contribution >= 0.6 is 0 Å². The molecule has 24 heavy (non-hydrogen) atoms. The molecule has 0 nitrogen and oxygen atoms in total. The molecular weight excluding hydrogens is 288 g/mol. The Hall–Kier alpha value is -0.260. The lowest BCUT2D eigenvalue weighted by molar-refractivity contribution is 0.106. The van der Waals surface area contributed by atoms with Crippen molar-refractivity contribution in [2.24, 2.45) is 41.4 Å². The molecule has 4 saturated carbocycles. The molecule has 0 heteroatoms. The third kappa shape index (κ3) is 4.28. The van der Waals surface area contributed by atoms with E-state index in [9.17, 15) is 0 Å². The SMILES string of the molecule is C=CC1CCC(C2CCC(C3CCC(CC4CC4)CC3)CC2)CC1.